The van der Waals surface area contributed by atoms with Crippen LogP contribution in [0.3, 0.4) is 0 Å². The second kappa shape index (κ2) is 8.98. The van der Waals surface area contributed by atoms with Crippen molar-refractivity contribution in [2.24, 2.45) is 0 Å². The summed E-state index contributed by atoms with van der Waals surface area (Å²) in [5.41, 5.74) is 3.41. The molecule has 1 atom stereocenters. The summed E-state index contributed by atoms with van der Waals surface area (Å²) in [5, 5.41) is 6.16. The lowest BCUT2D eigenvalue weighted by molar-refractivity contribution is -0.127. The van der Waals surface area contributed by atoms with Crippen molar-refractivity contribution in [3.8, 4) is 22.9 Å². The molecule has 2 aromatic rings. The summed E-state index contributed by atoms with van der Waals surface area (Å²) in [6.45, 7) is 4.14. The van der Waals surface area contributed by atoms with Gasteiger partial charge in [-0.15, -0.1) is 17.8 Å². The summed E-state index contributed by atoms with van der Waals surface area (Å²) in [7, 11) is 0. The molecule has 1 aliphatic heterocycles. The van der Waals surface area contributed by atoms with E-state index in [9.17, 15) is 4.79 Å². The van der Waals surface area contributed by atoms with Crippen molar-refractivity contribution in [2.45, 2.75) is 38.6 Å². The largest absolute Gasteiger partial charge is 0.354 e. The van der Waals surface area contributed by atoms with Crippen LogP contribution in [0.25, 0.3) is 10.6 Å². The zero-order chi connectivity index (χ0) is 18.4. The van der Waals surface area contributed by atoms with Crippen LogP contribution in [0.1, 0.15) is 30.5 Å². The summed E-state index contributed by atoms with van der Waals surface area (Å²) in [6.07, 6.45) is 9.27. The van der Waals surface area contributed by atoms with E-state index in [0.29, 0.717) is 13.1 Å². The fourth-order valence-corrected chi connectivity index (χ4v) is 4.14. The summed E-state index contributed by atoms with van der Waals surface area (Å²) >= 11 is 1.65. The Kier molecular flexibility index (Phi) is 6.43. The Morgan fingerprint density at radius 1 is 1.38 bits per heavy atom. The molecule has 4 nitrogen and oxygen atoms in total. The molecule has 1 aliphatic rings. The maximum Gasteiger partial charge on any atom is 0.237 e. The number of carbonyl (C=O) groups excluding carboxylic acids is 1. The van der Waals surface area contributed by atoms with Gasteiger partial charge < -0.3 is 5.32 Å². The SMILES string of the molecule is C#CCN1CCCCC1C(=O)NCCc1csc(-c2ccc(C)cc2)n1. The Labute approximate surface area is 159 Å². The van der Waals surface area contributed by atoms with Crippen molar-refractivity contribution in [2.75, 3.05) is 19.6 Å². The van der Waals surface area contributed by atoms with E-state index < -0.39 is 0 Å². The standard InChI is InChI=1S/C21H25N3OS/c1-3-13-24-14-5-4-6-19(24)20(25)22-12-11-18-15-26-21(23-18)17-9-7-16(2)8-10-17/h1,7-10,15,19H,4-6,11-14H2,2H3,(H,22,25). The van der Waals surface area contributed by atoms with Crippen molar-refractivity contribution in [1.29, 1.82) is 0 Å². The highest BCUT2D eigenvalue weighted by Gasteiger charge is 2.27. The highest BCUT2D eigenvalue weighted by atomic mass is 32.1. The topological polar surface area (TPSA) is 45.2 Å². The fourth-order valence-electron chi connectivity index (χ4n) is 3.28. The molecule has 1 aromatic carbocycles. The molecule has 0 aliphatic carbocycles. The lowest BCUT2D eigenvalue weighted by Gasteiger charge is -2.33. The molecule has 1 aromatic heterocycles. The van der Waals surface area contributed by atoms with Gasteiger partial charge in [0.05, 0.1) is 18.3 Å². The number of hydrogen-bond acceptors (Lipinski definition) is 4. The number of benzene rings is 1. The van der Waals surface area contributed by atoms with Gasteiger partial charge in [-0.2, -0.15) is 0 Å². The number of amides is 1. The molecule has 5 heteroatoms. The first-order chi connectivity index (χ1) is 12.7. The molecule has 26 heavy (non-hydrogen) atoms. The van der Waals surface area contributed by atoms with E-state index in [2.05, 4.69) is 52.7 Å². The number of aromatic nitrogens is 1. The van der Waals surface area contributed by atoms with Crippen LogP contribution >= 0.6 is 11.3 Å². The van der Waals surface area contributed by atoms with Gasteiger partial charge in [-0.3, -0.25) is 9.69 Å². The van der Waals surface area contributed by atoms with Crippen LogP contribution in [0, 0.1) is 19.3 Å². The third-order valence-corrected chi connectivity index (χ3v) is 5.68. The number of thiazole rings is 1. The first-order valence-electron chi connectivity index (χ1n) is 9.14. The van der Waals surface area contributed by atoms with E-state index in [0.717, 1.165) is 48.5 Å². The molecule has 3 rings (SSSR count). The predicted octanol–water partition coefficient (Wildman–Crippen LogP) is 3.26. The zero-order valence-electron chi connectivity index (χ0n) is 15.2. The summed E-state index contributed by atoms with van der Waals surface area (Å²) in [4.78, 5) is 19.3. The Balaban J connectivity index is 1.51. The lowest BCUT2D eigenvalue weighted by Crippen LogP contribution is -2.49. The number of hydrogen-bond donors (Lipinski definition) is 1. The minimum absolute atomic E-state index is 0.0849. The van der Waals surface area contributed by atoms with Crippen LogP contribution in [0.2, 0.25) is 0 Å². The monoisotopic (exact) mass is 367 g/mol. The fraction of sp³-hybridized carbons (Fsp3) is 0.429. The number of likely N-dealkylation sites (tertiary alicyclic amines) is 1. The van der Waals surface area contributed by atoms with E-state index in [1.807, 2.05) is 0 Å². The van der Waals surface area contributed by atoms with Gasteiger partial charge in [-0.05, 0) is 26.3 Å². The van der Waals surface area contributed by atoms with E-state index in [1.54, 1.807) is 11.3 Å². The van der Waals surface area contributed by atoms with Crippen molar-refractivity contribution in [3.05, 3.63) is 40.9 Å². The Morgan fingerprint density at radius 3 is 2.96 bits per heavy atom. The maximum absolute atomic E-state index is 12.5. The molecule has 2 heterocycles. The van der Waals surface area contributed by atoms with Crippen LogP contribution in [0.4, 0.5) is 0 Å². The Morgan fingerprint density at radius 2 is 2.19 bits per heavy atom. The Bertz CT molecular complexity index is 775. The van der Waals surface area contributed by atoms with Crippen LogP contribution in [0.15, 0.2) is 29.6 Å². The minimum atomic E-state index is -0.0849. The third-order valence-electron chi connectivity index (χ3n) is 4.74. The number of piperidine rings is 1. The lowest BCUT2D eigenvalue weighted by atomic mass is 10.0. The number of carbonyl (C=O) groups is 1. The van der Waals surface area contributed by atoms with Gasteiger partial charge >= 0.3 is 0 Å². The first-order valence-corrected chi connectivity index (χ1v) is 10.0. The highest BCUT2D eigenvalue weighted by Crippen LogP contribution is 2.24. The summed E-state index contributed by atoms with van der Waals surface area (Å²) in [5.74, 6) is 2.75. The molecule has 0 spiro atoms. The van der Waals surface area contributed by atoms with Crippen molar-refractivity contribution >= 4 is 17.2 Å². The third kappa shape index (κ3) is 4.72. The average molecular weight is 368 g/mol. The highest BCUT2D eigenvalue weighted by molar-refractivity contribution is 7.13. The number of nitrogens with zero attached hydrogens (tertiary/aromatic N) is 2. The molecule has 1 N–H and O–H groups in total. The quantitative estimate of drug-likeness (QED) is 0.797. The molecule has 1 saturated heterocycles. The number of nitrogens with one attached hydrogen (secondary N) is 1. The van der Waals surface area contributed by atoms with Gasteiger partial charge in [0.2, 0.25) is 5.91 Å². The van der Waals surface area contributed by atoms with Crippen molar-refractivity contribution in [1.82, 2.24) is 15.2 Å². The molecule has 0 bridgehead atoms. The first kappa shape index (κ1) is 18.6. The molecule has 1 amide bonds. The normalized spacial score (nSPS) is 17.6. The van der Waals surface area contributed by atoms with Gasteiger partial charge in [0.1, 0.15) is 5.01 Å². The summed E-state index contributed by atoms with van der Waals surface area (Å²) < 4.78 is 0. The van der Waals surface area contributed by atoms with Crippen molar-refractivity contribution < 1.29 is 4.79 Å². The summed E-state index contributed by atoms with van der Waals surface area (Å²) in [6, 6.07) is 8.32. The smallest absolute Gasteiger partial charge is 0.237 e. The second-order valence-corrected chi connectivity index (χ2v) is 7.60. The van der Waals surface area contributed by atoms with Gasteiger partial charge in [0.25, 0.3) is 0 Å². The van der Waals surface area contributed by atoms with Gasteiger partial charge in [0, 0.05) is 23.9 Å². The zero-order valence-corrected chi connectivity index (χ0v) is 16.0. The van der Waals surface area contributed by atoms with E-state index in [1.165, 1.54) is 5.56 Å². The minimum Gasteiger partial charge on any atom is -0.354 e. The van der Waals surface area contributed by atoms with E-state index in [-0.39, 0.29) is 11.9 Å². The van der Waals surface area contributed by atoms with Crippen LogP contribution in [-0.2, 0) is 11.2 Å². The number of rotatable bonds is 6. The van der Waals surface area contributed by atoms with E-state index in [4.69, 9.17) is 11.4 Å². The van der Waals surface area contributed by atoms with Gasteiger partial charge in [-0.25, -0.2) is 4.98 Å². The maximum atomic E-state index is 12.5. The van der Waals surface area contributed by atoms with Crippen molar-refractivity contribution in [3.63, 3.8) is 0 Å². The van der Waals surface area contributed by atoms with Crippen LogP contribution in [0.5, 0.6) is 0 Å². The van der Waals surface area contributed by atoms with Crippen LogP contribution < -0.4 is 5.32 Å². The Hall–Kier alpha value is -2.16. The molecular formula is C21H25N3OS. The molecular weight excluding hydrogens is 342 g/mol. The second-order valence-electron chi connectivity index (χ2n) is 6.74. The van der Waals surface area contributed by atoms with Gasteiger partial charge in [0.15, 0.2) is 0 Å². The molecule has 0 saturated carbocycles. The molecule has 0 radical (unpaired) electrons. The average Bonchev–Trinajstić information content (AvgIpc) is 3.12. The van der Waals surface area contributed by atoms with Crippen LogP contribution in [-0.4, -0.2) is 41.5 Å². The molecule has 1 fully saturated rings. The predicted molar refractivity (Wildman–Crippen MR) is 107 cm³/mol. The van der Waals surface area contributed by atoms with Gasteiger partial charge in [-0.1, -0.05) is 42.2 Å². The number of terminal acetylenes is 1. The molecule has 1 unspecified atom stereocenters. The van der Waals surface area contributed by atoms with E-state index >= 15 is 0 Å². The molecule has 136 valence electrons. The number of aryl methyl sites for hydroxylation is 1.